The van der Waals surface area contributed by atoms with Crippen LogP contribution in [-0.4, -0.2) is 22.7 Å². The van der Waals surface area contributed by atoms with Gasteiger partial charge in [-0.2, -0.15) is 0 Å². The number of hydrogen-bond acceptors (Lipinski definition) is 3. The molecule has 1 aliphatic rings. The summed E-state index contributed by atoms with van der Waals surface area (Å²) in [5.74, 6) is 0.763. The lowest BCUT2D eigenvalue weighted by Crippen LogP contribution is -2.41. The van der Waals surface area contributed by atoms with Crippen molar-refractivity contribution in [2.45, 2.75) is 52.2 Å². The molecule has 0 bridgehead atoms. The highest BCUT2D eigenvalue weighted by molar-refractivity contribution is 5.13. The zero-order valence-electron chi connectivity index (χ0n) is 12.3. The second-order valence-corrected chi connectivity index (χ2v) is 6.81. The second-order valence-electron chi connectivity index (χ2n) is 6.81. The number of hydrogen-bond donors (Lipinski definition) is 2. The van der Waals surface area contributed by atoms with Gasteiger partial charge in [-0.1, -0.05) is 20.8 Å². The Balaban J connectivity index is 1.85. The van der Waals surface area contributed by atoms with E-state index in [0.717, 1.165) is 11.5 Å². The minimum atomic E-state index is -0.441. The van der Waals surface area contributed by atoms with Crippen molar-refractivity contribution in [3.8, 4) is 0 Å². The average molecular weight is 262 g/mol. The molecule has 0 aromatic carbocycles. The Morgan fingerprint density at radius 2 is 2.05 bits per heavy atom. The smallest absolute Gasteiger partial charge is 0.0915 e. The van der Waals surface area contributed by atoms with Gasteiger partial charge in [0, 0.05) is 25.0 Å². The molecule has 3 unspecified atom stereocenters. The van der Waals surface area contributed by atoms with E-state index in [4.69, 9.17) is 0 Å². The van der Waals surface area contributed by atoms with Gasteiger partial charge in [0.25, 0.3) is 0 Å². The summed E-state index contributed by atoms with van der Waals surface area (Å²) in [7, 11) is 0. The van der Waals surface area contributed by atoms with Crippen LogP contribution in [0.4, 0.5) is 0 Å². The Morgan fingerprint density at radius 1 is 1.37 bits per heavy atom. The van der Waals surface area contributed by atoms with Crippen molar-refractivity contribution in [2.75, 3.05) is 6.54 Å². The average Bonchev–Trinajstić information content (AvgIpc) is 2.34. The van der Waals surface area contributed by atoms with Gasteiger partial charge >= 0.3 is 0 Å². The number of nitrogens with zero attached hydrogens (tertiary/aromatic N) is 1. The molecule has 0 amide bonds. The van der Waals surface area contributed by atoms with Crippen LogP contribution in [-0.2, 0) is 0 Å². The molecule has 0 aliphatic heterocycles. The topological polar surface area (TPSA) is 45.1 Å². The third kappa shape index (κ3) is 4.29. The van der Waals surface area contributed by atoms with E-state index in [0.29, 0.717) is 18.0 Å². The van der Waals surface area contributed by atoms with Crippen LogP contribution in [0, 0.1) is 11.3 Å². The summed E-state index contributed by atoms with van der Waals surface area (Å²) in [4.78, 5) is 3.98. The summed E-state index contributed by atoms with van der Waals surface area (Å²) in [6.45, 7) is 7.64. The first-order valence-corrected chi connectivity index (χ1v) is 7.28. The lowest BCUT2D eigenvalue weighted by molar-refractivity contribution is 0.126. The molecule has 3 nitrogen and oxygen atoms in total. The van der Waals surface area contributed by atoms with Crippen molar-refractivity contribution < 1.29 is 5.11 Å². The largest absolute Gasteiger partial charge is 0.387 e. The zero-order chi connectivity index (χ0) is 13.9. The molecule has 0 saturated heterocycles. The monoisotopic (exact) mass is 262 g/mol. The van der Waals surface area contributed by atoms with Crippen LogP contribution in [0.15, 0.2) is 24.5 Å². The molecule has 3 atom stereocenters. The third-order valence-electron chi connectivity index (χ3n) is 4.08. The number of aromatic nitrogens is 1. The number of nitrogens with one attached hydrogen (secondary N) is 1. The molecule has 1 aliphatic carbocycles. The highest BCUT2D eigenvalue weighted by Crippen LogP contribution is 2.38. The maximum absolute atomic E-state index is 10.2. The van der Waals surface area contributed by atoms with Crippen molar-refractivity contribution >= 4 is 0 Å². The van der Waals surface area contributed by atoms with Gasteiger partial charge in [-0.25, -0.2) is 0 Å². The van der Waals surface area contributed by atoms with Crippen LogP contribution >= 0.6 is 0 Å². The molecular formula is C16H26N2O. The first kappa shape index (κ1) is 14.5. The molecule has 1 saturated carbocycles. The van der Waals surface area contributed by atoms with E-state index >= 15 is 0 Å². The van der Waals surface area contributed by atoms with Crippen molar-refractivity contribution in [1.82, 2.24) is 10.3 Å². The zero-order valence-corrected chi connectivity index (χ0v) is 12.3. The Labute approximate surface area is 116 Å². The summed E-state index contributed by atoms with van der Waals surface area (Å²) in [6, 6.07) is 4.27. The molecule has 2 rings (SSSR count). The fraction of sp³-hybridized carbons (Fsp3) is 0.688. The lowest BCUT2D eigenvalue weighted by Gasteiger charge is -2.39. The van der Waals surface area contributed by atoms with Gasteiger partial charge in [-0.15, -0.1) is 0 Å². The van der Waals surface area contributed by atoms with E-state index in [2.05, 4.69) is 31.1 Å². The van der Waals surface area contributed by atoms with E-state index in [1.807, 2.05) is 12.1 Å². The van der Waals surface area contributed by atoms with Gasteiger partial charge in [0.15, 0.2) is 0 Å². The molecule has 0 spiro atoms. The summed E-state index contributed by atoms with van der Waals surface area (Å²) < 4.78 is 0. The van der Waals surface area contributed by atoms with E-state index in [1.54, 1.807) is 12.4 Å². The Morgan fingerprint density at radius 3 is 2.68 bits per heavy atom. The van der Waals surface area contributed by atoms with E-state index < -0.39 is 6.10 Å². The Hall–Kier alpha value is -0.930. The van der Waals surface area contributed by atoms with Crippen LogP contribution in [0.1, 0.15) is 51.7 Å². The van der Waals surface area contributed by atoms with Gasteiger partial charge in [0.05, 0.1) is 6.10 Å². The van der Waals surface area contributed by atoms with Crippen LogP contribution < -0.4 is 5.32 Å². The maximum atomic E-state index is 10.2. The first-order chi connectivity index (χ1) is 8.96. The molecule has 1 heterocycles. The normalized spacial score (nSPS) is 28.0. The molecule has 1 fully saturated rings. The van der Waals surface area contributed by atoms with E-state index in [-0.39, 0.29) is 0 Å². The van der Waals surface area contributed by atoms with Gasteiger partial charge in [0.2, 0.25) is 0 Å². The lowest BCUT2D eigenvalue weighted by atomic mass is 9.70. The molecule has 1 aromatic heterocycles. The first-order valence-electron chi connectivity index (χ1n) is 7.28. The second kappa shape index (κ2) is 6.02. The summed E-state index contributed by atoms with van der Waals surface area (Å²) in [6.07, 6.45) is 6.73. The molecule has 106 valence electrons. The highest BCUT2D eigenvalue weighted by atomic mass is 16.3. The molecule has 2 N–H and O–H groups in total. The molecule has 19 heavy (non-hydrogen) atoms. The predicted octanol–water partition coefficient (Wildman–Crippen LogP) is 2.92. The van der Waals surface area contributed by atoms with Gasteiger partial charge < -0.3 is 10.4 Å². The third-order valence-corrected chi connectivity index (χ3v) is 4.08. The van der Waals surface area contributed by atoms with Crippen LogP contribution in [0.5, 0.6) is 0 Å². The maximum Gasteiger partial charge on any atom is 0.0915 e. The van der Waals surface area contributed by atoms with Gasteiger partial charge in [0.1, 0.15) is 0 Å². The van der Waals surface area contributed by atoms with E-state index in [1.165, 1.54) is 19.3 Å². The highest BCUT2D eigenvalue weighted by Gasteiger charge is 2.31. The van der Waals surface area contributed by atoms with Crippen LogP contribution in [0.25, 0.3) is 0 Å². The van der Waals surface area contributed by atoms with Gasteiger partial charge in [-0.3, -0.25) is 4.98 Å². The molecular weight excluding hydrogens is 236 g/mol. The number of rotatable bonds is 4. The summed E-state index contributed by atoms with van der Waals surface area (Å²) >= 11 is 0. The van der Waals surface area contributed by atoms with Crippen molar-refractivity contribution in [2.24, 2.45) is 11.3 Å². The Kier molecular flexibility index (Phi) is 4.58. The fourth-order valence-corrected chi connectivity index (χ4v) is 3.48. The summed E-state index contributed by atoms with van der Waals surface area (Å²) in [5, 5.41) is 13.7. The number of aliphatic hydroxyl groups is 1. The summed E-state index contributed by atoms with van der Waals surface area (Å²) in [5.41, 5.74) is 1.35. The van der Waals surface area contributed by atoms with Crippen molar-refractivity contribution in [3.63, 3.8) is 0 Å². The van der Waals surface area contributed by atoms with Crippen LogP contribution in [0.2, 0.25) is 0 Å². The number of aliphatic hydroxyl groups excluding tert-OH is 1. The quantitative estimate of drug-likeness (QED) is 0.877. The molecule has 0 radical (unpaired) electrons. The fourth-order valence-electron chi connectivity index (χ4n) is 3.48. The minimum absolute atomic E-state index is 0.414. The molecule has 1 aromatic rings. The minimum Gasteiger partial charge on any atom is -0.387 e. The number of pyridine rings is 1. The van der Waals surface area contributed by atoms with Crippen molar-refractivity contribution in [1.29, 1.82) is 0 Å². The SMILES string of the molecule is CC1CC(NCC(O)c2ccncc2)CC(C)(C)C1. The predicted molar refractivity (Wildman–Crippen MR) is 77.8 cm³/mol. The molecule has 3 heteroatoms. The Bertz CT molecular complexity index is 391. The standard InChI is InChI=1S/C16H26N2O/c1-12-8-14(10-16(2,3)9-12)18-11-15(19)13-4-6-17-7-5-13/h4-7,12,14-15,18-19H,8-11H2,1-3H3. The van der Waals surface area contributed by atoms with E-state index in [9.17, 15) is 5.11 Å². The van der Waals surface area contributed by atoms with Crippen LogP contribution in [0.3, 0.4) is 0 Å². The van der Waals surface area contributed by atoms with Gasteiger partial charge in [-0.05, 0) is 48.3 Å². The van der Waals surface area contributed by atoms with Crippen molar-refractivity contribution in [3.05, 3.63) is 30.1 Å².